The van der Waals surface area contributed by atoms with Crippen LogP contribution in [0.15, 0.2) is 71.5 Å². The van der Waals surface area contributed by atoms with Crippen LogP contribution in [-0.4, -0.2) is 59.8 Å². The number of hydrogen-bond donors (Lipinski definition) is 2. The Hall–Kier alpha value is -3.22. The van der Waals surface area contributed by atoms with Crippen molar-refractivity contribution in [3.63, 3.8) is 0 Å². The summed E-state index contributed by atoms with van der Waals surface area (Å²) in [5.41, 5.74) is 10.9. The highest BCUT2D eigenvalue weighted by Crippen LogP contribution is 2.57. The molecule has 6 heteroatoms. The fourth-order valence-corrected chi connectivity index (χ4v) is 9.66. The smallest absolute Gasteiger partial charge is 0.219 e. The second kappa shape index (κ2) is 12.9. The van der Waals surface area contributed by atoms with Gasteiger partial charge in [0.2, 0.25) is 11.6 Å². The Balaban J connectivity index is 1.16. The molecule has 6 nitrogen and oxygen atoms in total. The van der Waals surface area contributed by atoms with Crippen LogP contribution in [0.5, 0.6) is 0 Å². The Morgan fingerprint density at radius 3 is 2.48 bits per heavy atom. The molecular weight excluding hydrogens is 594 g/mol. The minimum absolute atomic E-state index is 0.0235. The number of unbranched alkanes of at least 4 members (excludes halogenated alkanes) is 5. The van der Waals surface area contributed by atoms with Gasteiger partial charge in [0.1, 0.15) is 6.10 Å². The van der Waals surface area contributed by atoms with E-state index in [4.69, 9.17) is 9.84 Å². The topological polar surface area (TPSA) is 64.8 Å². The number of aliphatic hydroxyl groups is 1. The highest BCUT2D eigenvalue weighted by molar-refractivity contribution is 6.09. The third kappa shape index (κ3) is 5.57. The van der Waals surface area contributed by atoms with E-state index in [0.717, 1.165) is 77.4 Å². The number of anilines is 1. The molecule has 48 heavy (non-hydrogen) atoms. The molecule has 1 amide bonds. The van der Waals surface area contributed by atoms with Crippen molar-refractivity contribution in [2.45, 2.75) is 122 Å². The van der Waals surface area contributed by atoms with Gasteiger partial charge in [-0.25, -0.2) is 0 Å². The Bertz CT molecular complexity index is 1670. The molecule has 5 aliphatic rings. The van der Waals surface area contributed by atoms with E-state index in [1.807, 2.05) is 0 Å². The summed E-state index contributed by atoms with van der Waals surface area (Å²) in [6, 6.07) is 18.0. The molecule has 3 atom stereocenters. The van der Waals surface area contributed by atoms with Crippen LogP contribution < -0.4 is 10.2 Å². The maximum absolute atomic E-state index is 12.5. The van der Waals surface area contributed by atoms with E-state index < -0.39 is 0 Å². The molecule has 256 valence electrons. The summed E-state index contributed by atoms with van der Waals surface area (Å²) in [6.45, 7) is 15.0. The quantitative estimate of drug-likeness (QED) is 0.181. The van der Waals surface area contributed by atoms with Crippen LogP contribution in [0.2, 0.25) is 0 Å². The average molecular weight is 651 g/mol. The van der Waals surface area contributed by atoms with Crippen LogP contribution in [0.3, 0.4) is 0 Å². The minimum Gasteiger partial charge on any atom is -0.396 e. The van der Waals surface area contributed by atoms with E-state index in [9.17, 15) is 4.79 Å². The molecule has 2 N–H and O–H groups in total. The molecule has 0 radical (unpaired) electrons. The molecule has 0 bridgehead atoms. The Morgan fingerprint density at radius 1 is 0.938 bits per heavy atom. The van der Waals surface area contributed by atoms with Crippen LogP contribution >= 0.6 is 0 Å². The van der Waals surface area contributed by atoms with Gasteiger partial charge in [-0.1, -0.05) is 75.9 Å². The third-order valence-corrected chi connectivity index (χ3v) is 12.0. The van der Waals surface area contributed by atoms with Crippen LogP contribution in [0.4, 0.5) is 11.4 Å². The van der Waals surface area contributed by atoms with Crippen molar-refractivity contribution in [1.82, 2.24) is 5.32 Å². The number of nitrogens with zero attached hydrogens (tertiary/aromatic N) is 2. The number of ether oxygens (including phenoxy) is 1. The highest BCUT2D eigenvalue weighted by Gasteiger charge is 2.59. The summed E-state index contributed by atoms with van der Waals surface area (Å²) in [4.78, 5) is 15.1. The molecule has 2 aromatic carbocycles. The second-order valence-corrected chi connectivity index (χ2v) is 16.3. The first-order chi connectivity index (χ1) is 23.1. The summed E-state index contributed by atoms with van der Waals surface area (Å²) < 4.78 is 9.88. The number of carbonyl (C=O) groups is 1. The lowest BCUT2D eigenvalue weighted by Crippen LogP contribution is -2.54. The van der Waals surface area contributed by atoms with Crippen molar-refractivity contribution in [3.05, 3.63) is 82.6 Å². The molecule has 5 heterocycles. The van der Waals surface area contributed by atoms with Gasteiger partial charge in [0.25, 0.3) is 0 Å². The van der Waals surface area contributed by atoms with Crippen LogP contribution in [0.1, 0.15) is 110 Å². The van der Waals surface area contributed by atoms with E-state index in [1.165, 1.54) is 45.1 Å². The second-order valence-electron chi connectivity index (χ2n) is 16.3. The van der Waals surface area contributed by atoms with Gasteiger partial charge in [0.05, 0.1) is 16.9 Å². The summed E-state index contributed by atoms with van der Waals surface area (Å²) in [7, 11) is 0. The van der Waals surface area contributed by atoms with Crippen molar-refractivity contribution in [2.24, 2.45) is 5.41 Å². The first kappa shape index (κ1) is 33.3. The lowest BCUT2D eigenvalue weighted by Gasteiger charge is -2.47. The minimum atomic E-state index is -0.114. The molecule has 0 aromatic heterocycles. The predicted molar refractivity (Wildman–Crippen MR) is 194 cm³/mol. The summed E-state index contributed by atoms with van der Waals surface area (Å²) in [5.74, 6) is 0.167. The Kier molecular flexibility index (Phi) is 8.95. The van der Waals surface area contributed by atoms with Gasteiger partial charge in [0, 0.05) is 65.7 Å². The van der Waals surface area contributed by atoms with E-state index >= 15 is 0 Å². The molecular formula is C42H56N3O3+. The van der Waals surface area contributed by atoms with Crippen molar-refractivity contribution < 1.29 is 19.2 Å². The summed E-state index contributed by atoms with van der Waals surface area (Å²) >= 11 is 0. The SMILES string of the molecule is CC1(C)C2=[N+](CC(C)(C)C3OC4CCN5C(=C4C=C23)C(C)(CCCCCC(=O)NCCCCCCO)c2ccccc25)c2ccccc21. The zero-order valence-corrected chi connectivity index (χ0v) is 29.9. The Morgan fingerprint density at radius 2 is 1.67 bits per heavy atom. The zero-order chi connectivity index (χ0) is 33.7. The van der Waals surface area contributed by atoms with Gasteiger partial charge in [-0.05, 0) is 70.6 Å². The van der Waals surface area contributed by atoms with Crippen LogP contribution in [0.25, 0.3) is 0 Å². The fourth-order valence-electron chi connectivity index (χ4n) is 9.66. The van der Waals surface area contributed by atoms with Gasteiger partial charge >= 0.3 is 0 Å². The van der Waals surface area contributed by atoms with Crippen molar-refractivity contribution in [2.75, 3.05) is 31.1 Å². The molecule has 0 fully saturated rings. The number of carbonyl (C=O) groups excluding carboxylic acids is 1. The molecule has 0 aliphatic carbocycles. The average Bonchev–Trinajstić information content (AvgIpc) is 3.46. The standard InChI is InChI=1S/C42H55N3O3/c1-40(2)28-45-33-19-12-10-17-31(33)41(3,4)37(45)30-27-29-35(48-39(30)40)22-25-44-34-20-13-11-18-32(34)42(5,38(29)44)23-14-8-9-21-36(47)43-24-15-6-7-16-26-46/h10-13,17-20,27,35,39,46H,6-9,14-16,21-26,28H2,1-5H3/p+1. The first-order valence-corrected chi connectivity index (χ1v) is 18.7. The molecule has 2 aromatic rings. The number of rotatable bonds is 12. The lowest BCUT2D eigenvalue weighted by atomic mass is 9.68. The number of nitrogens with one attached hydrogen (secondary N) is 1. The number of fused-ring (bicyclic) bond motifs is 8. The van der Waals surface area contributed by atoms with Gasteiger partial charge < -0.3 is 20.1 Å². The van der Waals surface area contributed by atoms with Crippen molar-refractivity contribution in [1.29, 1.82) is 0 Å². The van der Waals surface area contributed by atoms with Gasteiger partial charge in [-0.2, -0.15) is 4.58 Å². The molecule has 3 unspecified atom stereocenters. The number of para-hydroxylation sites is 2. The number of amides is 1. The summed E-state index contributed by atoms with van der Waals surface area (Å²) in [5, 5.41) is 12.0. The fraction of sp³-hybridized carbons (Fsp3) is 0.571. The van der Waals surface area contributed by atoms with Gasteiger partial charge in [-0.3, -0.25) is 4.79 Å². The molecule has 0 saturated heterocycles. The Labute approximate surface area is 288 Å². The number of benzene rings is 2. The number of hydrogen-bond acceptors (Lipinski definition) is 4. The molecule has 0 spiro atoms. The van der Waals surface area contributed by atoms with Gasteiger partial charge in [-0.15, -0.1) is 0 Å². The normalized spacial score (nSPS) is 25.9. The third-order valence-electron chi connectivity index (χ3n) is 12.0. The largest absolute Gasteiger partial charge is 0.396 e. The predicted octanol–water partition coefficient (Wildman–Crippen LogP) is 7.85. The van der Waals surface area contributed by atoms with Crippen LogP contribution in [-0.2, 0) is 20.4 Å². The maximum Gasteiger partial charge on any atom is 0.219 e. The first-order valence-electron chi connectivity index (χ1n) is 18.7. The van der Waals surface area contributed by atoms with E-state index in [1.54, 1.807) is 0 Å². The number of aliphatic hydroxyl groups excluding tert-OH is 1. The maximum atomic E-state index is 12.5. The van der Waals surface area contributed by atoms with E-state index in [2.05, 4.69) is 104 Å². The van der Waals surface area contributed by atoms with Crippen LogP contribution in [0, 0.1) is 5.41 Å². The zero-order valence-electron chi connectivity index (χ0n) is 29.9. The lowest BCUT2D eigenvalue weighted by molar-refractivity contribution is -0.466. The summed E-state index contributed by atoms with van der Waals surface area (Å²) in [6.07, 6.45) is 12.3. The highest BCUT2D eigenvalue weighted by atomic mass is 16.5. The van der Waals surface area contributed by atoms with Gasteiger partial charge in [0.15, 0.2) is 12.3 Å². The monoisotopic (exact) mass is 650 g/mol. The molecule has 5 aliphatic heterocycles. The van der Waals surface area contributed by atoms with Crippen molar-refractivity contribution >= 4 is 23.0 Å². The van der Waals surface area contributed by atoms with E-state index in [-0.39, 0.29) is 41.0 Å². The van der Waals surface area contributed by atoms with E-state index in [0.29, 0.717) is 6.42 Å². The molecule has 0 saturated carbocycles. The molecule has 7 rings (SSSR count). The number of allylic oxidation sites excluding steroid dienone is 1. The van der Waals surface area contributed by atoms with Crippen molar-refractivity contribution in [3.8, 4) is 0 Å².